The second-order valence-corrected chi connectivity index (χ2v) is 7.33. The van der Waals surface area contributed by atoms with Crippen molar-refractivity contribution in [2.24, 2.45) is 0 Å². The Morgan fingerprint density at radius 3 is 2.25 bits per heavy atom. The summed E-state index contributed by atoms with van der Waals surface area (Å²) in [5.74, 6) is 1.39. The summed E-state index contributed by atoms with van der Waals surface area (Å²) in [6.45, 7) is 1.29. The number of anilines is 1. The highest BCUT2D eigenvalue weighted by molar-refractivity contribution is 7.22. The van der Waals surface area contributed by atoms with E-state index >= 15 is 0 Å². The van der Waals surface area contributed by atoms with Crippen LogP contribution in [0.25, 0.3) is 10.2 Å². The van der Waals surface area contributed by atoms with E-state index in [2.05, 4.69) is 4.98 Å². The zero-order chi connectivity index (χ0) is 19.4. The van der Waals surface area contributed by atoms with Gasteiger partial charge < -0.3 is 14.4 Å². The smallest absolute Gasteiger partial charge is 0.260 e. The lowest BCUT2D eigenvalue weighted by Gasteiger charge is -2.22. The van der Waals surface area contributed by atoms with Crippen molar-refractivity contribution in [2.45, 2.75) is 0 Å². The molecule has 0 aliphatic rings. The van der Waals surface area contributed by atoms with Crippen LogP contribution in [0.4, 0.5) is 5.13 Å². The average molecular weight is 422 g/mol. The third-order valence-electron chi connectivity index (χ3n) is 4.17. The first-order valence-corrected chi connectivity index (χ1v) is 9.38. The predicted molar refractivity (Wildman–Crippen MR) is 117 cm³/mol. The number of methoxy groups -OCH3 is 2. The maximum absolute atomic E-state index is 13.2. The van der Waals surface area contributed by atoms with E-state index in [-0.39, 0.29) is 18.3 Å². The molecule has 3 rings (SSSR count). The molecule has 28 heavy (non-hydrogen) atoms. The highest BCUT2D eigenvalue weighted by atomic mass is 35.5. The van der Waals surface area contributed by atoms with Crippen molar-refractivity contribution in [1.29, 1.82) is 0 Å². The van der Waals surface area contributed by atoms with Crippen LogP contribution in [0, 0.1) is 0 Å². The van der Waals surface area contributed by atoms with Crippen LogP contribution in [-0.2, 0) is 0 Å². The summed E-state index contributed by atoms with van der Waals surface area (Å²) in [5, 5.41) is 0.681. The van der Waals surface area contributed by atoms with Crippen LogP contribution in [0.2, 0.25) is 0 Å². The quantitative estimate of drug-likeness (QED) is 0.578. The number of carbonyl (C=O) groups is 1. The number of hydrogen-bond acceptors (Lipinski definition) is 6. The van der Waals surface area contributed by atoms with Crippen molar-refractivity contribution >= 4 is 45.0 Å². The van der Waals surface area contributed by atoms with Gasteiger partial charge in [-0.1, -0.05) is 11.3 Å². The third-order valence-corrected chi connectivity index (χ3v) is 5.23. The molecule has 1 aromatic heterocycles. The van der Waals surface area contributed by atoms with Crippen LogP contribution in [0.1, 0.15) is 10.4 Å². The van der Waals surface area contributed by atoms with E-state index in [0.29, 0.717) is 17.2 Å². The number of likely N-dealkylation sites (N-methyl/N-ethyl adjacent to an activating group) is 1. The fourth-order valence-corrected chi connectivity index (χ4v) is 3.58. The van der Waals surface area contributed by atoms with Gasteiger partial charge in [0.1, 0.15) is 11.5 Å². The van der Waals surface area contributed by atoms with Crippen LogP contribution in [0.15, 0.2) is 42.5 Å². The lowest BCUT2D eigenvalue weighted by molar-refractivity contribution is 0.0985. The van der Waals surface area contributed by atoms with Gasteiger partial charge in [-0.25, -0.2) is 4.98 Å². The Kier molecular flexibility index (Phi) is 7.62. The minimum Gasteiger partial charge on any atom is -0.497 e. The molecule has 0 bridgehead atoms. The number of hydrogen-bond donors (Lipinski definition) is 0. The minimum absolute atomic E-state index is 0. The van der Waals surface area contributed by atoms with Crippen molar-refractivity contribution in [3.63, 3.8) is 0 Å². The van der Waals surface area contributed by atoms with Crippen molar-refractivity contribution in [2.75, 3.05) is 46.3 Å². The number of thiazole rings is 1. The molecule has 1 amide bonds. The number of benzene rings is 2. The molecule has 0 aliphatic heterocycles. The number of halogens is 1. The van der Waals surface area contributed by atoms with E-state index in [1.165, 1.54) is 11.3 Å². The molecule has 0 spiro atoms. The molecular weight excluding hydrogens is 398 g/mol. The van der Waals surface area contributed by atoms with Crippen molar-refractivity contribution in [3.05, 3.63) is 48.0 Å². The summed E-state index contributed by atoms with van der Waals surface area (Å²) < 4.78 is 11.5. The number of aromatic nitrogens is 1. The molecule has 0 unspecified atom stereocenters. The highest BCUT2D eigenvalue weighted by Crippen LogP contribution is 2.32. The Hall–Kier alpha value is -2.35. The number of amides is 1. The Labute approximate surface area is 175 Å². The number of ether oxygens (including phenoxy) is 2. The van der Waals surface area contributed by atoms with Gasteiger partial charge in [0.15, 0.2) is 5.13 Å². The summed E-state index contributed by atoms with van der Waals surface area (Å²) in [7, 11) is 7.21. The molecule has 2 aromatic carbocycles. The Bertz CT molecular complexity index is 928. The lowest BCUT2D eigenvalue weighted by atomic mass is 10.2. The summed E-state index contributed by atoms with van der Waals surface area (Å²) >= 11 is 1.50. The molecule has 0 aliphatic carbocycles. The summed E-state index contributed by atoms with van der Waals surface area (Å²) in [5.41, 5.74) is 1.43. The van der Waals surface area contributed by atoms with E-state index in [9.17, 15) is 4.79 Å². The zero-order valence-corrected chi connectivity index (χ0v) is 18.0. The lowest BCUT2D eigenvalue weighted by Crippen LogP contribution is -2.36. The van der Waals surface area contributed by atoms with E-state index in [4.69, 9.17) is 9.47 Å². The molecule has 3 aromatic rings. The summed E-state index contributed by atoms with van der Waals surface area (Å²) in [6, 6.07) is 12.9. The van der Waals surface area contributed by atoms with Gasteiger partial charge in [0.25, 0.3) is 5.91 Å². The summed E-state index contributed by atoms with van der Waals surface area (Å²) in [4.78, 5) is 21.6. The van der Waals surface area contributed by atoms with Crippen LogP contribution in [-0.4, -0.2) is 57.2 Å². The number of nitrogens with zero attached hydrogens (tertiary/aromatic N) is 3. The van der Waals surface area contributed by atoms with Crippen LogP contribution >= 0.6 is 23.7 Å². The molecule has 150 valence electrons. The van der Waals surface area contributed by atoms with E-state index in [0.717, 1.165) is 28.3 Å². The van der Waals surface area contributed by atoms with E-state index in [1.807, 2.05) is 37.2 Å². The fourth-order valence-electron chi connectivity index (χ4n) is 2.61. The SMILES string of the molecule is COc1ccc(C(=O)N(CCN(C)C)c2nc3cc(OC)ccc3s2)cc1.Cl. The first-order chi connectivity index (χ1) is 13.0. The molecule has 0 radical (unpaired) electrons. The molecule has 8 heteroatoms. The monoisotopic (exact) mass is 421 g/mol. The number of rotatable bonds is 7. The van der Waals surface area contributed by atoms with Gasteiger partial charge >= 0.3 is 0 Å². The Balaban J connectivity index is 0.00000280. The second kappa shape index (κ2) is 9.73. The van der Waals surface area contributed by atoms with E-state index in [1.54, 1.807) is 43.4 Å². The molecule has 0 saturated heterocycles. The van der Waals surface area contributed by atoms with Crippen LogP contribution in [0.5, 0.6) is 11.5 Å². The van der Waals surface area contributed by atoms with Gasteiger partial charge in [-0.15, -0.1) is 12.4 Å². The number of carbonyl (C=O) groups excluding carboxylic acids is 1. The van der Waals surface area contributed by atoms with Gasteiger partial charge in [0.2, 0.25) is 0 Å². The maximum Gasteiger partial charge on any atom is 0.260 e. The predicted octanol–water partition coefficient (Wildman–Crippen LogP) is 3.94. The van der Waals surface area contributed by atoms with Gasteiger partial charge in [-0.3, -0.25) is 9.69 Å². The maximum atomic E-state index is 13.2. The third kappa shape index (κ3) is 4.92. The van der Waals surface area contributed by atoms with Gasteiger partial charge in [0, 0.05) is 24.7 Å². The molecule has 0 atom stereocenters. The summed E-state index contributed by atoms with van der Waals surface area (Å²) in [6.07, 6.45) is 0. The molecular formula is C20H24ClN3O3S. The highest BCUT2D eigenvalue weighted by Gasteiger charge is 2.21. The molecule has 0 N–H and O–H groups in total. The normalized spacial score (nSPS) is 10.6. The standard InChI is InChI=1S/C20H23N3O3S.ClH/c1-22(2)11-12-23(19(24)14-5-7-15(25-3)8-6-14)20-21-17-13-16(26-4)9-10-18(17)27-20;/h5-10,13H,11-12H2,1-4H3;1H. The molecule has 0 fully saturated rings. The van der Waals surface area contributed by atoms with Gasteiger partial charge in [-0.2, -0.15) is 0 Å². The van der Waals surface area contributed by atoms with Gasteiger partial charge in [0.05, 0.1) is 24.4 Å². The molecule has 0 saturated carbocycles. The Morgan fingerprint density at radius 1 is 1.00 bits per heavy atom. The number of fused-ring (bicyclic) bond motifs is 1. The van der Waals surface area contributed by atoms with Crippen LogP contribution in [0.3, 0.4) is 0 Å². The first kappa shape index (κ1) is 21.9. The fraction of sp³-hybridized carbons (Fsp3) is 0.300. The van der Waals surface area contributed by atoms with Gasteiger partial charge in [-0.05, 0) is 50.5 Å². The topological polar surface area (TPSA) is 54.9 Å². The molecule has 1 heterocycles. The van der Waals surface area contributed by atoms with Crippen molar-refractivity contribution in [1.82, 2.24) is 9.88 Å². The Morgan fingerprint density at radius 2 is 1.64 bits per heavy atom. The van der Waals surface area contributed by atoms with Crippen molar-refractivity contribution < 1.29 is 14.3 Å². The van der Waals surface area contributed by atoms with E-state index < -0.39 is 0 Å². The minimum atomic E-state index is -0.0782. The first-order valence-electron chi connectivity index (χ1n) is 8.57. The van der Waals surface area contributed by atoms with Crippen molar-refractivity contribution in [3.8, 4) is 11.5 Å². The largest absolute Gasteiger partial charge is 0.497 e. The second-order valence-electron chi connectivity index (χ2n) is 6.32. The molecule has 6 nitrogen and oxygen atoms in total. The van der Waals surface area contributed by atoms with Crippen LogP contribution < -0.4 is 14.4 Å². The zero-order valence-electron chi connectivity index (χ0n) is 16.3. The average Bonchev–Trinajstić information content (AvgIpc) is 3.10.